The van der Waals surface area contributed by atoms with Crippen LogP contribution in [0.2, 0.25) is 0 Å². The summed E-state index contributed by atoms with van der Waals surface area (Å²) >= 11 is 0. The van der Waals surface area contributed by atoms with Gasteiger partial charge in [-0.25, -0.2) is 0 Å². The predicted octanol–water partition coefficient (Wildman–Crippen LogP) is 0.350. The maximum Gasteiger partial charge on any atom is 0.323 e. The van der Waals surface area contributed by atoms with E-state index in [0.717, 1.165) is 4.90 Å². The number of amides is 2. The molecule has 1 rings (SSSR count). The van der Waals surface area contributed by atoms with Gasteiger partial charge in [0.2, 0.25) is 5.91 Å². The highest BCUT2D eigenvalue weighted by atomic mass is 16.4. The summed E-state index contributed by atoms with van der Waals surface area (Å²) in [5.41, 5.74) is 0.522. The second-order valence-electron chi connectivity index (χ2n) is 4.02. The van der Waals surface area contributed by atoms with Crippen molar-refractivity contribution in [1.82, 2.24) is 10.2 Å². The summed E-state index contributed by atoms with van der Waals surface area (Å²) in [5, 5.41) is 11.1. The third-order valence-electron chi connectivity index (χ3n) is 2.46. The first-order valence-electron chi connectivity index (χ1n) is 5.79. The summed E-state index contributed by atoms with van der Waals surface area (Å²) in [6.45, 7) is -0.165. The van der Waals surface area contributed by atoms with Gasteiger partial charge in [0.25, 0.3) is 5.91 Å². The van der Waals surface area contributed by atoms with E-state index in [1.54, 1.807) is 30.3 Å². The number of aliphatic carboxylic acids is 1. The molecular formula is C13H16N2O4. The van der Waals surface area contributed by atoms with Crippen LogP contribution in [0.3, 0.4) is 0 Å². The number of rotatable bonds is 6. The number of carboxylic acid groups (broad SMARTS) is 1. The molecule has 0 heterocycles. The summed E-state index contributed by atoms with van der Waals surface area (Å²) in [6, 6.07) is 8.66. The fourth-order valence-corrected chi connectivity index (χ4v) is 1.46. The lowest BCUT2D eigenvalue weighted by Crippen LogP contribution is -2.35. The molecule has 0 atom stereocenters. The summed E-state index contributed by atoms with van der Waals surface area (Å²) in [6.07, 6.45) is 0.0718. The van der Waals surface area contributed by atoms with Crippen LogP contribution in [0.4, 0.5) is 0 Å². The van der Waals surface area contributed by atoms with Crippen LogP contribution in [-0.4, -0.2) is 47.9 Å². The topological polar surface area (TPSA) is 86.7 Å². The molecule has 2 N–H and O–H groups in total. The van der Waals surface area contributed by atoms with E-state index in [2.05, 4.69) is 5.32 Å². The first-order valence-corrected chi connectivity index (χ1v) is 5.79. The number of nitrogens with zero attached hydrogens (tertiary/aromatic N) is 1. The van der Waals surface area contributed by atoms with E-state index < -0.39 is 5.97 Å². The Morgan fingerprint density at radius 1 is 1.21 bits per heavy atom. The number of likely N-dealkylation sites (N-methyl/N-ethyl adjacent to an activating group) is 1. The minimum absolute atomic E-state index is 0.0718. The fourth-order valence-electron chi connectivity index (χ4n) is 1.46. The van der Waals surface area contributed by atoms with E-state index >= 15 is 0 Å². The van der Waals surface area contributed by atoms with Crippen molar-refractivity contribution in [3.63, 3.8) is 0 Å². The van der Waals surface area contributed by atoms with E-state index in [4.69, 9.17) is 5.11 Å². The van der Waals surface area contributed by atoms with Crippen LogP contribution in [0.1, 0.15) is 16.8 Å². The number of hydrogen-bond donors (Lipinski definition) is 2. The quantitative estimate of drug-likeness (QED) is 0.776. The van der Waals surface area contributed by atoms with Crippen LogP contribution < -0.4 is 5.32 Å². The molecule has 0 bridgehead atoms. The van der Waals surface area contributed by atoms with E-state index in [1.807, 2.05) is 0 Å². The van der Waals surface area contributed by atoms with E-state index in [-0.39, 0.29) is 31.3 Å². The Balaban J connectivity index is 2.32. The lowest BCUT2D eigenvalue weighted by Gasteiger charge is -2.14. The lowest BCUT2D eigenvalue weighted by atomic mass is 10.2. The second kappa shape index (κ2) is 7.15. The van der Waals surface area contributed by atoms with Crippen molar-refractivity contribution in [3.8, 4) is 0 Å². The van der Waals surface area contributed by atoms with Gasteiger partial charge in [-0.15, -0.1) is 0 Å². The minimum Gasteiger partial charge on any atom is -0.480 e. The van der Waals surface area contributed by atoms with E-state index in [9.17, 15) is 14.4 Å². The molecule has 1 aromatic carbocycles. The highest BCUT2D eigenvalue weighted by Gasteiger charge is 2.12. The number of carbonyl (C=O) groups is 3. The zero-order valence-corrected chi connectivity index (χ0v) is 10.6. The van der Waals surface area contributed by atoms with Gasteiger partial charge < -0.3 is 15.3 Å². The molecule has 0 aliphatic rings. The molecule has 0 aromatic heterocycles. The number of carbonyl (C=O) groups excluding carboxylic acids is 2. The van der Waals surface area contributed by atoms with Gasteiger partial charge in [0.1, 0.15) is 6.54 Å². The molecule has 102 valence electrons. The van der Waals surface area contributed by atoms with Crippen molar-refractivity contribution < 1.29 is 19.5 Å². The highest BCUT2D eigenvalue weighted by molar-refractivity contribution is 5.94. The van der Waals surface area contributed by atoms with E-state index in [1.165, 1.54) is 7.05 Å². The third kappa shape index (κ3) is 5.20. The average Bonchev–Trinajstić information content (AvgIpc) is 2.38. The molecule has 0 fully saturated rings. The fraction of sp³-hybridized carbons (Fsp3) is 0.308. The van der Waals surface area contributed by atoms with Gasteiger partial charge in [-0.3, -0.25) is 14.4 Å². The smallest absolute Gasteiger partial charge is 0.323 e. The Labute approximate surface area is 111 Å². The van der Waals surface area contributed by atoms with Crippen LogP contribution in [-0.2, 0) is 9.59 Å². The molecule has 0 spiro atoms. The number of nitrogens with one attached hydrogen (secondary N) is 1. The summed E-state index contributed by atoms with van der Waals surface area (Å²) in [7, 11) is 1.41. The highest BCUT2D eigenvalue weighted by Crippen LogP contribution is 1.98. The van der Waals surface area contributed by atoms with E-state index in [0.29, 0.717) is 5.56 Å². The molecule has 19 heavy (non-hydrogen) atoms. The zero-order chi connectivity index (χ0) is 14.3. The SMILES string of the molecule is CN(CC(=O)O)C(=O)CCNC(=O)c1ccccc1. The predicted molar refractivity (Wildman–Crippen MR) is 68.7 cm³/mol. The second-order valence-corrected chi connectivity index (χ2v) is 4.02. The molecule has 0 saturated heterocycles. The molecule has 2 amide bonds. The average molecular weight is 264 g/mol. The first-order chi connectivity index (χ1) is 9.00. The molecule has 6 heteroatoms. The number of carboxylic acids is 1. The van der Waals surface area contributed by atoms with Crippen molar-refractivity contribution in [3.05, 3.63) is 35.9 Å². The first kappa shape index (κ1) is 14.7. The van der Waals surface area contributed by atoms with Gasteiger partial charge in [0.15, 0.2) is 0 Å². The Hall–Kier alpha value is -2.37. The Bertz CT molecular complexity index is 459. The Morgan fingerprint density at radius 2 is 1.84 bits per heavy atom. The maximum absolute atomic E-state index is 11.6. The van der Waals surface area contributed by atoms with Gasteiger partial charge in [0, 0.05) is 25.6 Å². The van der Waals surface area contributed by atoms with Gasteiger partial charge >= 0.3 is 5.97 Å². The van der Waals surface area contributed by atoms with Crippen LogP contribution in [0.5, 0.6) is 0 Å². The minimum atomic E-state index is -1.07. The largest absolute Gasteiger partial charge is 0.480 e. The molecular weight excluding hydrogens is 248 g/mol. The zero-order valence-electron chi connectivity index (χ0n) is 10.6. The third-order valence-corrected chi connectivity index (χ3v) is 2.46. The van der Waals surface area contributed by atoms with Crippen molar-refractivity contribution in [2.75, 3.05) is 20.1 Å². The Kier molecular flexibility index (Phi) is 5.53. The number of hydrogen-bond acceptors (Lipinski definition) is 3. The summed E-state index contributed by atoms with van der Waals surface area (Å²) < 4.78 is 0. The van der Waals surface area contributed by atoms with Crippen molar-refractivity contribution in [2.45, 2.75) is 6.42 Å². The standard InChI is InChI=1S/C13H16N2O4/c1-15(9-12(17)18)11(16)7-8-14-13(19)10-5-3-2-4-6-10/h2-6H,7-9H2,1H3,(H,14,19)(H,17,18). The molecule has 0 saturated carbocycles. The molecule has 0 unspecified atom stereocenters. The summed E-state index contributed by atoms with van der Waals surface area (Å²) in [5.74, 6) is -1.64. The molecule has 0 aliphatic carbocycles. The van der Waals surface area contributed by atoms with Gasteiger partial charge in [0.05, 0.1) is 0 Å². The molecule has 0 radical (unpaired) electrons. The normalized spacial score (nSPS) is 9.74. The molecule has 6 nitrogen and oxygen atoms in total. The van der Waals surface area contributed by atoms with Crippen molar-refractivity contribution in [1.29, 1.82) is 0 Å². The molecule has 1 aromatic rings. The summed E-state index contributed by atoms with van der Waals surface area (Å²) in [4.78, 5) is 34.7. The van der Waals surface area contributed by atoms with Gasteiger partial charge in [-0.05, 0) is 12.1 Å². The van der Waals surface area contributed by atoms with Crippen LogP contribution in [0.15, 0.2) is 30.3 Å². The monoisotopic (exact) mass is 264 g/mol. The van der Waals surface area contributed by atoms with Crippen LogP contribution in [0, 0.1) is 0 Å². The number of benzene rings is 1. The Morgan fingerprint density at radius 3 is 2.42 bits per heavy atom. The van der Waals surface area contributed by atoms with Gasteiger partial charge in [-0.2, -0.15) is 0 Å². The van der Waals surface area contributed by atoms with Crippen molar-refractivity contribution >= 4 is 17.8 Å². The van der Waals surface area contributed by atoms with Crippen molar-refractivity contribution in [2.24, 2.45) is 0 Å². The van der Waals surface area contributed by atoms with Crippen LogP contribution in [0.25, 0.3) is 0 Å². The molecule has 0 aliphatic heterocycles. The maximum atomic E-state index is 11.6. The lowest BCUT2D eigenvalue weighted by molar-refractivity contribution is -0.143. The van der Waals surface area contributed by atoms with Crippen LogP contribution >= 0.6 is 0 Å². The van der Waals surface area contributed by atoms with Gasteiger partial charge in [-0.1, -0.05) is 18.2 Å².